The molecule has 1 aromatic heterocycles. The van der Waals surface area contributed by atoms with Crippen molar-refractivity contribution >= 4 is 34.8 Å². The minimum absolute atomic E-state index is 0.0310. The van der Waals surface area contributed by atoms with Gasteiger partial charge in [0.05, 0.1) is 28.4 Å². The second-order valence-corrected chi connectivity index (χ2v) is 9.42. The van der Waals surface area contributed by atoms with Gasteiger partial charge in [-0.05, 0) is 41.3 Å². The smallest absolute Gasteiger partial charge is 0.264 e. The predicted octanol–water partition coefficient (Wildman–Crippen LogP) is 5.01. The fourth-order valence-electron chi connectivity index (χ4n) is 3.71. The van der Waals surface area contributed by atoms with Crippen molar-refractivity contribution in [2.45, 2.75) is 39.7 Å². The van der Waals surface area contributed by atoms with Crippen LogP contribution in [0.5, 0.6) is 0 Å². The molecule has 1 aliphatic heterocycles. The summed E-state index contributed by atoms with van der Waals surface area (Å²) in [5.74, 6) is -0.877. The molecule has 0 unspecified atom stereocenters. The lowest BCUT2D eigenvalue weighted by molar-refractivity contribution is -0.909. The summed E-state index contributed by atoms with van der Waals surface area (Å²) in [6.45, 7) is 8.22. The molecule has 1 aliphatic rings. The van der Waals surface area contributed by atoms with Gasteiger partial charge in [0, 0.05) is 29.0 Å². The zero-order valence-corrected chi connectivity index (χ0v) is 19.2. The third-order valence-electron chi connectivity index (χ3n) is 5.63. The largest absolute Gasteiger partial charge is 0.355 e. The van der Waals surface area contributed by atoms with Crippen LogP contribution in [0.15, 0.2) is 54.7 Å². The highest BCUT2D eigenvalue weighted by Crippen LogP contribution is 2.37. The lowest BCUT2D eigenvalue weighted by Crippen LogP contribution is -2.35. The highest BCUT2D eigenvalue weighted by Gasteiger charge is 2.39. The zero-order chi connectivity index (χ0) is 23.2. The Labute approximate surface area is 192 Å². The minimum Gasteiger partial charge on any atom is -0.355 e. The van der Waals surface area contributed by atoms with Crippen molar-refractivity contribution < 1.29 is 19.5 Å². The molecular weight excluding hydrogens is 426 g/mol. The van der Waals surface area contributed by atoms with E-state index < -0.39 is 11.8 Å². The molecule has 0 atom stereocenters. The molecule has 0 saturated heterocycles. The minimum atomic E-state index is -0.452. The molecule has 0 bridgehead atoms. The molecule has 0 spiro atoms. The highest BCUT2D eigenvalue weighted by atomic mass is 35.5. The number of benzene rings is 2. The van der Waals surface area contributed by atoms with Gasteiger partial charge < -0.3 is 5.32 Å². The quantitative estimate of drug-likeness (QED) is 0.333. The molecule has 0 radical (unpaired) electrons. The molecule has 4 rings (SSSR count). The average molecular weight is 451 g/mol. The molecule has 0 saturated carbocycles. The van der Waals surface area contributed by atoms with E-state index in [1.54, 1.807) is 31.2 Å². The number of fused-ring (bicyclic) bond motifs is 1. The Balaban J connectivity index is 1.65. The molecule has 3 aromatic rings. The summed E-state index contributed by atoms with van der Waals surface area (Å²) in [7, 11) is 0. The van der Waals surface area contributed by atoms with Crippen molar-refractivity contribution in [2.24, 2.45) is 0 Å². The maximum atomic E-state index is 13.2. The Morgan fingerprint density at radius 2 is 1.62 bits per heavy atom. The third-order valence-corrected chi connectivity index (χ3v) is 5.95. The van der Waals surface area contributed by atoms with E-state index in [9.17, 15) is 14.8 Å². The molecule has 0 fully saturated rings. The van der Waals surface area contributed by atoms with Gasteiger partial charge in [0.2, 0.25) is 11.9 Å². The van der Waals surface area contributed by atoms with Crippen LogP contribution in [-0.4, -0.2) is 21.9 Å². The molecule has 0 aliphatic carbocycles. The van der Waals surface area contributed by atoms with Crippen molar-refractivity contribution in [1.82, 2.24) is 4.90 Å². The van der Waals surface area contributed by atoms with Crippen LogP contribution in [0.3, 0.4) is 0 Å². The normalized spacial score (nSPS) is 13.5. The number of hydrogen-bond acceptors (Lipinski definition) is 4. The first kappa shape index (κ1) is 21.8. The van der Waals surface area contributed by atoms with Gasteiger partial charge in [-0.2, -0.15) is 0 Å². The lowest BCUT2D eigenvalue weighted by Gasteiger charge is -2.19. The first-order valence-corrected chi connectivity index (χ1v) is 10.7. The molecule has 6 nitrogen and oxygen atoms in total. The van der Waals surface area contributed by atoms with Gasteiger partial charge in [-0.25, -0.2) is 0 Å². The SMILES string of the molecule is Cc1ccc(CN2C(=O)c3c(Cl)ccc(Nc4ccc(C(C)(C)C)cc4)c3C2=O)c[n+]1O. The molecule has 2 amide bonds. The number of carbonyl (C=O) groups is 2. The van der Waals surface area contributed by atoms with E-state index >= 15 is 0 Å². The van der Waals surface area contributed by atoms with E-state index in [1.165, 1.54) is 11.8 Å². The number of rotatable bonds is 4. The van der Waals surface area contributed by atoms with Gasteiger partial charge in [0.1, 0.15) is 0 Å². The molecular formula is C25H25ClN3O3+. The standard InChI is InChI=1S/C25H24ClN3O3/c1-15-5-6-16(14-29(15)32)13-28-23(30)21-19(26)11-12-20(22(21)24(28)31)27-18-9-7-17(8-10-18)25(2,3)4/h5-12,14H,13H2,1-4H3,(H-,27,31,32)/p+1. The van der Waals surface area contributed by atoms with Gasteiger partial charge in [0.15, 0.2) is 0 Å². The van der Waals surface area contributed by atoms with Crippen LogP contribution in [0.4, 0.5) is 11.4 Å². The van der Waals surface area contributed by atoms with Crippen molar-refractivity contribution in [3.05, 3.63) is 87.7 Å². The summed E-state index contributed by atoms with van der Waals surface area (Å²) in [6, 6.07) is 14.8. The first-order chi connectivity index (χ1) is 15.1. The van der Waals surface area contributed by atoms with E-state index in [2.05, 4.69) is 26.1 Å². The predicted molar refractivity (Wildman–Crippen MR) is 123 cm³/mol. The topological polar surface area (TPSA) is 73.5 Å². The molecule has 2 N–H and O–H groups in total. The third kappa shape index (κ3) is 3.94. The summed E-state index contributed by atoms with van der Waals surface area (Å²) in [5.41, 5.74) is 4.27. The summed E-state index contributed by atoms with van der Waals surface area (Å²) in [4.78, 5) is 27.5. The summed E-state index contributed by atoms with van der Waals surface area (Å²) in [6.07, 6.45) is 1.48. The number of hydrogen-bond donors (Lipinski definition) is 2. The molecule has 2 aromatic carbocycles. The molecule has 7 heteroatoms. The maximum absolute atomic E-state index is 13.2. The monoisotopic (exact) mass is 450 g/mol. The maximum Gasteiger partial charge on any atom is 0.264 e. The second kappa shape index (κ2) is 7.95. The second-order valence-electron chi connectivity index (χ2n) is 9.02. The molecule has 32 heavy (non-hydrogen) atoms. The van der Waals surface area contributed by atoms with Gasteiger partial charge in [0.25, 0.3) is 11.8 Å². The van der Waals surface area contributed by atoms with Crippen LogP contribution in [0, 0.1) is 6.92 Å². The number of nitrogens with zero attached hydrogens (tertiary/aromatic N) is 2. The van der Waals surface area contributed by atoms with Crippen LogP contribution in [-0.2, 0) is 12.0 Å². The lowest BCUT2D eigenvalue weighted by atomic mass is 9.87. The Morgan fingerprint density at radius 1 is 0.969 bits per heavy atom. The number of halogens is 1. The van der Waals surface area contributed by atoms with Crippen LogP contribution in [0.25, 0.3) is 0 Å². The van der Waals surface area contributed by atoms with Crippen molar-refractivity contribution in [1.29, 1.82) is 0 Å². The number of amides is 2. The average Bonchev–Trinajstić information content (AvgIpc) is 2.98. The number of aryl methyl sites for hydroxylation is 1. The fourth-order valence-corrected chi connectivity index (χ4v) is 3.95. The number of aromatic nitrogens is 1. The number of imide groups is 1. The number of carbonyl (C=O) groups excluding carboxylic acids is 2. The van der Waals surface area contributed by atoms with E-state index in [4.69, 9.17) is 11.6 Å². The summed E-state index contributed by atoms with van der Waals surface area (Å²) in [5, 5.41) is 13.4. The molecule has 164 valence electrons. The number of pyridine rings is 1. The number of anilines is 2. The van der Waals surface area contributed by atoms with E-state index in [0.29, 0.717) is 16.9 Å². The Kier molecular flexibility index (Phi) is 5.42. The summed E-state index contributed by atoms with van der Waals surface area (Å²) >= 11 is 6.32. The van der Waals surface area contributed by atoms with Gasteiger partial charge >= 0.3 is 0 Å². The van der Waals surface area contributed by atoms with Crippen LogP contribution >= 0.6 is 11.6 Å². The zero-order valence-electron chi connectivity index (χ0n) is 18.4. The van der Waals surface area contributed by atoms with Crippen molar-refractivity contribution in [3.8, 4) is 0 Å². The Hall–Kier alpha value is -3.38. The Morgan fingerprint density at radius 3 is 2.25 bits per heavy atom. The van der Waals surface area contributed by atoms with E-state index in [0.717, 1.165) is 15.3 Å². The first-order valence-electron chi connectivity index (χ1n) is 10.3. The molecule has 2 heterocycles. The number of nitrogens with one attached hydrogen (secondary N) is 1. The van der Waals surface area contributed by atoms with Crippen molar-refractivity contribution in [3.63, 3.8) is 0 Å². The van der Waals surface area contributed by atoms with Gasteiger partial charge in [-0.15, -0.1) is 0 Å². The Bertz CT molecular complexity index is 1230. The van der Waals surface area contributed by atoms with E-state index in [1.807, 2.05) is 24.3 Å². The van der Waals surface area contributed by atoms with Crippen LogP contribution < -0.4 is 10.0 Å². The van der Waals surface area contributed by atoms with Gasteiger partial charge in [-0.3, -0.25) is 19.7 Å². The van der Waals surface area contributed by atoms with Crippen molar-refractivity contribution in [2.75, 3.05) is 5.32 Å². The highest BCUT2D eigenvalue weighted by molar-refractivity contribution is 6.38. The van der Waals surface area contributed by atoms with Crippen LogP contribution in [0.2, 0.25) is 5.02 Å². The summed E-state index contributed by atoms with van der Waals surface area (Å²) < 4.78 is 0.967. The van der Waals surface area contributed by atoms with Gasteiger partial charge in [-0.1, -0.05) is 44.5 Å². The van der Waals surface area contributed by atoms with E-state index in [-0.39, 0.29) is 28.1 Å². The fraction of sp³-hybridized carbons (Fsp3) is 0.240. The van der Waals surface area contributed by atoms with Crippen LogP contribution in [0.1, 0.15) is 58.3 Å².